The lowest BCUT2D eigenvalue weighted by atomic mass is 9.64. The van der Waals surface area contributed by atoms with Gasteiger partial charge in [-0.05, 0) is 57.5 Å². The zero-order valence-corrected chi connectivity index (χ0v) is 16.6. The summed E-state index contributed by atoms with van der Waals surface area (Å²) in [5, 5.41) is 9.11. The summed E-state index contributed by atoms with van der Waals surface area (Å²) in [6, 6.07) is 0.349. The Morgan fingerprint density at radius 1 is 1.25 bits per heavy atom. The van der Waals surface area contributed by atoms with Gasteiger partial charge in [0.2, 0.25) is 0 Å². The van der Waals surface area contributed by atoms with E-state index < -0.39 is 12.7 Å². The van der Waals surface area contributed by atoms with Gasteiger partial charge in [-0.3, -0.25) is 4.90 Å². The normalized spacial score (nSPS) is 29.5. The van der Waals surface area contributed by atoms with E-state index in [1.807, 2.05) is 6.92 Å². The van der Waals surface area contributed by atoms with Crippen LogP contribution >= 0.6 is 0 Å². The fourth-order valence-electron chi connectivity index (χ4n) is 5.20. The van der Waals surface area contributed by atoms with Gasteiger partial charge in [0.1, 0.15) is 0 Å². The number of hydrogen-bond acceptors (Lipinski definition) is 5. The van der Waals surface area contributed by atoms with Crippen molar-refractivity contribution in [2.24, 2.45) is 5.41 Å². The molecule has 1 amide bonds. The maximum Gasteiger partial charge on any atom is 0.409 e. The quantitative estimate of drug-likeness (QED) is 0.732. The van der Waals surface area contributed by atoms with Gasteiger partial charge >= 0.3 is 12.3 Å². The standard InChI is InChI=1S/C19H32F3N3O3/c1-2-28-17(27)25-8-5-18(13-25)11-16(12-18)23-6-3-15(4-7-23)24(9-10-26)14-19(20,21)22/h15-16,26H,2-14H2,1H3. The smallest absolute Gasteiger partial charge is 0.409 e. The number of halogens is 3. The van der Waals surface area contributed by atoms with Crippen LogP contribution in [0.2, 0.25) is 0 Å². The molecule has 2 aliphatic heterocycles. The second-order valence-electron chi connectivity index (χ2n) is 8.51. The number of nitrogens with zero attached hydrogens (tertiary/aromatic N) is 3. The van der Waals surface area contributed by atoms with Gasteiger partial charge in [-0.1, -0.05) is 0 Å². The van der Waals surface area contributed by atoms with Crippen LogP contribution in [0, 0.1) is 5.41 Å². The molecular weight excluding hydrogens is 375 g/mol. The lowest BCUT2D eigenvalue weighted by Gasteiger charge is -2.52. The minimum Gasteiger partial charge on any atom is -0.450 e. The van der Waals surface area contributed by atoms with E-state index in [1.165, 1.54) is 4.90 Å². The van der Waals surface area contributed by atoms with Crippen LogP contribution in [0.15, 0.2) is 0 Å². The predicted molar refractivity (Wildman–Crippen MR) is 98.0 cm³/mol. The first-order chi connectivity index (χ1) is 13.3. The summed E-state index contributed by atoms with van der Waals surface area (Å²) in [7, 11) is 0. The number of rotatable bonds is 6. The van der Waals surface area contributed by atoms with E-state index >= 15 is 0 Å². The van der Waals surface area contributed by atoms with Gasteiger partial charge in [0.25, 0.3) is 0 Å². The first-order valence-corrected chi connectivity index (χ1v) is 10.3. The van der Waals surface area contributed by atoms with Crippen LogP contribution in [0.25, 0.3) is 0 Å². The third-order valence-electron chi connectivity index (χ3n) is 6.60. The summed E-state index contributed by atoms with van der Waals surface area (Å²) >= 11 is 0. The number of carbonyl (C=O) groups is 1. The molecule has 1 N–H and O–H groups in total. The van der Waals surface area contributed by atoms with Crippen molar-refractivity contribution >= 4 is 6.09 Å². The fraction of sp³-hybridized carbons (Fsp3) is 0.947. The number of likely N-dealkylation sites (tertiary alicyclic amines) is 2. The summed E-state index contributed by atoms with van der Waals surface area (Å²) in [5.74, 6) is 0. The summed E-state index contributed by atoms with van der Waals surface area (Å²) < 4.78 is 43.5. The second-order valence-corrected chi connectivity index (χ2v) is 8.51. The number of ether oxygens (including phenoxy) is 1. The molecule has 2 saturated heterocycles. The van der Waals surface area contributed by atoms with Gasteiger partial charge in [0, 0.05) is 31.7 Å². The molecule has 0 aromatic rings. The van der Waals surface area contributed by atoms with E-state index in [1.54, 1.807) is 4.90 Å². The average molecular weight is 407 g/mol. The third-order valence-corrected chi connectivity index (χ3v) is 6.60. The minimum atomic E-state index is -4.24. The number of aliphatic hydroxyl groups excluding tert-OH is 1. The predicted octanol–water partition coefficient (Wildman–Crippen LogP) is 2.32. The van der Waals surface area contributed by atoms with Crippen LogP contribution in [0.3, 0.4) is 0 Å². The number of alkyl halides is 3. The largest absolute Gasteiger partial charge is 0.450 e. The Morgan fingerprint density at radius 3 is 2.50 bits per heavy atom. The number of aliphatic hydroxyl groups is 1. The van der Waals surface area contributed by atoms with Gasteiger partial charge in [0.05, 0.1) is 19.8 Å². The lowest BCUT2D eigenvalue weighted by molar-refractivity contribution is -0.154. The first-order valence-electron chi connectivity index (χ1n) is 10.3. The van der Waals surface area contributed by atoms with Crippen LogP contribution in [0.1, 0.15) is 39.0 Å². The molecule has 3 aliphatic rings. The summed E-state index contributed by atoms with van der Waals surface area (Å²) in [5.41, 5.74) is 0.202. The van der Waals surface area contributed by atoms with E-state index in [9.17, 15) is 18.0 Å². The number of carbonyl (C=O) groups excluding carboxylic acids is 1. The highest BCUT2D eigenvalue weighted by Crippen LogP contribution is 2.50. The van der Waals surface area contributed by atoms with Crippen molar-refractivity contribution in [3.8, 4) is 0 Å². The molecule has 3 rings (SSSR count). The Morgan fingerprint density at radius 2 is 1.93 bits per heavy atom. The molecule has 1 aliphatic carbocycles. The number of amides is 1. The Bertz CT molecular complexity index is 532. The van der Waals surface area contributed by atoms with Gasteiger partial charge in [0.15, 0.2) is 0 Å². The molecule has 0 bridgehead atoms. The van der Waals surface area contributed by atoms with Gasteiger partial charge in [-0.15, -0.1) is 0 Å². The van der Waals surface area contributed by atoms with E-state index in [0.717, 1.165) is 45.4 Å². The lowest BCUT2D eigenvalue weighted by Crippen LogP contribution is -2.56. The Balaban J connectivity index is 1.44. The van der Waals surface area contributed by atoms with Crippen molar-refractivity contribution in [2.75, 3.05) is 52.5 Å². The van der Waals surface area contributed by atoms with Crippen molar-refractivity contribution in [3.05, 3.63) is 0 Å². The summed E-state index contributed by atoms with van der Waals surface area (Å²) in [4.78, 5) is 17.5. The Hall–Kier alpha value is -1.06. The molecule has 9 heteroatoms. The Labute approximate surface area is 164 Å². The van der Waals surface area contributed by atoms with Crippen LogP contribution < -0.4 is 0 Å². The highest BCUT2D eigenvalue weighted by Gasteiger charge is 2.51. The minimum absolute atomic E-state index is 0.0699. The first kappa shape index (κ1) is 21.6. The molecule has 1 saturated carbocycles. The van der Waals surface area contributed by atoms with E-state index in [-0.39, 0.29) is 30.7 Å². The molecule has 0 unspecified atom stereocenters. The van der Waals surface area contributed by atoms with Crippen LogP contribution in [-0.2, 0) is 4.74 Å². The molecule has 3 fully saturated rings. The molecular formula is C19H32F3N3O3. The van der Waals surface area contributed by atoms with Crippen molar-refractivity contribution in [3.63, 3.8) is 0 Å². The fourth-order valence-corrected chi connectivity index (χ4v) is 5.20. The SMILES string of the molecule is CCOC(=O)N1CCC2(CC(N3CCC(N(CCO)CC(F)(F)F)CC3)C2)C1. The van der Waals surface area contributed by atoms with Crippen molar-refractivity contribution < 1.29 is 27.8 Å². The van der Waals surface area contributed by atoms with Crippen LogP contribution in [0.5, 0.6) is 0 Å². The molecule has 0 radical (unpaired) electrons. The van der Waals surface area contributed by atoms with Crippen molar-refractivity contribution in [1.82, 2.24) is 14.7 Å². The summed E-state index contributed by atoms with van der Waals surface area (Å²) in [6.07, 6.45) is 0.0576. The van der Waals surface area contributed by atoms with Crippen molar-refractivity contribution in [2.45, 2.75) is 57.3 Å². The molecule has 1 spiro atoms. The monoisotopic (exact) mass is 407 g/mol. The molecule has 6 nitrogen and oxygen atoms in total. The Kier molecular flexibility index (Phi) is 6.76. The molecule has 0 aromatic heterocycles. The van der Waals surface area contributed by atoms with Gasteiger partial charge in [-0.25, -0.2) is 4.79 Å². The molecule has 162 valence electrons. The molecule has 0 aromatic carbocycles. The van der Waals surface area contributed by atoms with Crippen LogP contribution in [-0.4, -0.2) is 96.6 Å². The highest BCUT2D eigenvalue weighted by atomic mass is 19.4. The van der Waals surface area contributed by atoms with Crippen molar-refractivity contribution in [1.29, 1.82) is 0 Å². The average Bonchev–Trinajstić information content (AvgIpc) is 3.05. The second kappa shape index (κ2) is 8.75. The van der Waals surface area contributed by atoms with E-state index in [2.05, 4.69) is 4.90 Å². The van der Waals surface area contributed by atoms with Gasteiger partial charge in [-0.2, -0.15) is 13.2 Å². The van der Waals surface area contributed by atoms with Crippen LogP contribution in [0.4, 0.5) is 18.0 Å². The number of piperidine rings is 1. The third kappa shape index (κ3) is 5.10. The molecule has 28 heavy (non-hydrogen) atoms. The highest BCUT2D eigenvalue weighted by molar-refractivity contribution is 5.68. The molecule has 2 heterocycles. The van der Waals surface area contributed by atoms with E-state index in [4.69, 9.17) is 9.84 Å². The zero-order valence-electron chi connectivity index (χ0n) is 16.6. The summed E-state index contributed by atoms with van der Waals surface area (Å²) in [6.45, 7) is 4.17. The van der Waals surface area contributed by atoms with Gasteiger partial charge < -0.3 is 19.6 Å². The maximum absolute atomic E-state index is 12.8. The number of hydrogen-bond donors (Lipinski definition) is 1. The topological polar surface area (TPSA) is 56.2 Å². The van der Waals surface area contributed by atoms with E-state index in [0.29, 0.717) is 25.5 Å². The maximum atomic E-state index is 12.8. The molecule has 0 atom stereocenters. The zero-order chi connectivity index (χ0) is 20.4.